The van der Waals surface area contributed by atoms with Crippen LogP contribution in [-0.4, -0.2) is 18.9 Å². The van der Waals surface area contributed by atoms with Gasteiger partial charge in [0, 0.05) is 16.1 Å². The summed E-state index contributed by atoms with van der Waals surface area (Å²) in [5.74, 6) is 1.43. The van der Waals surface area contributed by atoms with E-state index < -0.39 is 0 Å². The second kappa shape index (κ2) is 9.70. The maximum atomic E-state index is 6.33. The fourth-order valence-electron chi connectivity index (χ4n) is 3.42. The predicted octanol–water partition coefficient (Wildman–Crippen LogP) is 7.62. The maximum absolute atomic E-state index is 6.33. The standard InChI is InChI=1S/C25H19Cl3N2O2/c1-3-9-31-16-5-7-18-19-8-6-17(32-10-4-2)14-21(19)24(20(18)13-16)29-30-25-22(27)11-15(26)12-23(25)28/h3-8,11-14,30H,1-2,9-10H2. The van der Waals surface area contributed by atoms with Gasteiger partial charge in [-0.15, -0.1) is 0 Å². The van der Waals surface area contributed by atoms with Gasteiger partial charge in [-0.25, -0.2) is 0 Å². The van der Waals surface area contributed by atoms with Gasteiger partial charge in [-0.05, 0) is 59.7 Å². The predicted molar refractivity (Wildman–Crippen MR) is 134 cm³/mol. The zero-order valence-corrected chi connectivity index (χ0v) is 19.3. The molecule has 0 bridgehead atoms. The van der Waals surface area contributed by atoms with Crippen molar-refractivity contribution in [1.82, 2.24) is 0 Å². The van der Waals surface area contributed by atoms with Gasteiger partial charge < -0.3 is 9.47 Å². The van der Waals surface area contributed by atoms with Gasteiger partial charge in [0.25, 0.3) is 0 Å². The lowest BCUT2D eigenvalue weighted by Crippen LogP contribution is -2.04. The van der Waals surface area contributed by atoms with Crippen LogP contribution in [0, 0.1) is 0 Å². The van der Waals surface area contributed by atoms with E-state index >= 15 is 0 Å². The maximum Gasteiger partial charge on any atom is 0.120 e. The minimum Gasteiger partial charge on any atom is -0.490 e. The van der Waals surface area contributed by atoms with Crippen molar-refractivity contribution in [2.45, 2.75) is 0 Å². The summed E-state index contributed by atoms with van der Waals surface area (Å²) in [6, 6.07) is 15.0. The Hall–Kier alpha value is -2.92. The summed E-state index contributed by atoms with van der Waals surface area (Å²) in [6.07, 6.45) is 3.40. The lowest BCUT2D eigenvalue weighted by molar-refractivity contribution is 0.363. The monoisotopic (exact) mass is 484 g/mol. The second-order valence-electron chi connectivity index (χ2n) is 6.93. The van der Waals surface area contributed by atoms with E-state index in [1.807, 2.05) is 36.4 Å². The Morgan fingerprint density at radius 3 is 1.72 bits per heavy atom. The molecule has 0 fully saturated rings. The minimum atomic E-state index is 0.372. The fraction of sp³-hybridized carbons (Fsp3) is 0.0800. The molecule has 0 saturated heterocycles. The topological polar surface area (TPSA) is 42.8 Å². The van der Waals surface area contributed by atoms with E-state index in [0.29, 0.717) is 39.7 Å². The van der Waals surface area contributed by atoms with Crippen LogP contribution in [0.1, 0.15) is 11.1 Å². The highest BCUT2D eigenvalue weighted by Crippen LogP contribution is 2.41. The molecule has 0 unspecified atom stereocenters. The average Bonchev–Trinajstić information content (AvgIpc) is 3.07. The van der Waals surface area contributed by atoms with Gasteiger partial charge in [0.15, 0.2) is 0 Å². The lowest BCUT2D eigenvalue weighted by atomic mass is 10.1. The largest absolute Gasteiger partial charge is 0.490 e. The molecule has 3 aromatic rings. The van der Waals surface area contributed by atoms with Crippen LogP contribution in [-0.2, 0) is 0 Å². The van der Waals surface area contributed by atoms with Crippen molar-refractivity contribution in [3.8, 4) is 22.6 Å². The highest BCUT2D eigenvalue weighted by atomic mass is 35.5. The Kier molecular flexibility index (Phi) is 6.75. The quantitative estimate of drug-likeness (QED) is 0.206. The van der Waals surface area contributed by atoms with Crippen molar-refractivity contribution in [3.63, 3.8) is 0 Å². The molecular formula is C25H19Cl3N2O2. The molecule has 0 heterocycles. The number of benzene rings is 3. The molecule has 0 amide bonds. The summed E-state index contributed by atoms with van der Waals surface area (Å²) < 4.78 is 11.5. The first-order valence-corrected chi connectivity index (χ1v) is 10.9. The summed E-state index contributed by atoms with van der Waals surface area (Å²) >= 11 is 18.7. The van der Waals surface area contributed by atoms with Gasteiger partial charge in [0.05, 0.1) is 21.4 Å². The average molecular weight is 486 g/mol. The molecule has 0 atom stereocenters. The second-order valence-corrected chi connectivity index (χ2v) is 8.18. The molecule has 0 saturated carbocycles. The van der Waals surface area contributed by atoms with Crippen molar-refractivity contribution in [1.29, 1.82) is 0 Å². The third kappa shape index (κ3) is 4.49. The first-order valence-electron chi connectivity index (χ1n) is 9.76. The molecule has 32 heavy (non-hydrogen) atoms. The Bertz CT molecular complexity index is 1150. The number of hydrogen-bond donors (Lipinski definition) is 1. The number of hydrogen-bond acceptors (Lipinski definition) is 4. The Labute approximate surface area is 201 Å². The Balaban J connectivity index is 1.80. The smallest absolute Gasteiger partial charge is 0.120 e. The third-order valence-corrected chi connectivity index (χ3v) is 5.62. The SMILES string of the molecule is C=CCOc1ccc2c(c1)C(=NNc1c(Cl)cc(Cl)cc1Cl)c1cc(OCC=C)ccc1-2. The van der Waals surface area contributed by atoms with Gasteiger partial charge in [0.1, 0.15) is 24.7 Å². The fourth-order valence-corrected chi connectivity index (χ4v) is 4.33. The third-order valence-electron chi connectivity index (χ3n) is 4.80. The molecule has 1 N–H and O–H groups in total. The normalized spacial score (nSPS) is 11.4. The number of rotatable bonds is 8. The van der Waals surface area contributed by atoms with Crippen molar-refractivity contribution in [2.24, 2.45) is 5.10 Å². The highest BCUT2D eigenvalue weighted by Gasteiger charge is 2.26. The molecule has 4 rings (SSSR count). The molecule has 7 heteroatoms. The summed E-state index contributed by atoms with van der Waals surface area (Å²) in [4.78, 5) is 0. The van der Waals surface area contributed by atoms with Gasteiger partial charge in [0.2, 0.25) is 0 Å². The van der Waals surface area contributed by atoms with E-state index in [1.54, 1.807) is 24.3 Å². The van der Waals surface area contributed by atoms with Gasteiger partial charge >= 0.3 is 0 Å². The van der Waals surface area contributed by atoms with E-state index in [1.165, 1.54) is 0 Å². The van der Waals surface area contributed by atoms with Crippen LogP contribution >= 0.6 is 34.8 Å². The first-order chi connectivity index (χ1) is 15.5. The van der Waals surface area contributed by atoms with E-state index in [-0.39, 0.29) is 0 Å². The number of ether oxygens (including phenoxy) is 2. The summed E-state index contributed by atoms with van der Waals surface area (Å²) in [6.45, 7) is 8.22. The lowest BCUT2D eigenvalue weighted by Gasteiger charge is -2.10. The summed E-state index contributed by atoms with van der Waals surface area (Å²) in [5.41, 5.74) is 8.09. The van der Waals surface area contributed by atoms with Crippen LogP contribution in [0.25, 0.3) is 11.1 Å². The van der Waals surface area contributed by atoms with Crippen LogP contribution in [0.2, 0.25) is 15.1 Å². The van der Waals surface area contributed by atoms with Gasteiger partial charge in [-0.2, -0.15) is 5.10 Å². The van der Waals surface area contributed by atoms with Crippen molar-refractivity contribution in [3.05, 3.63) is 100 Å². The Morgan fingerprint density at radius 2 is 1.25 bits per heavy atom. The molecule has 0 spiro atoms. The molecular weight excluding hydrogens is 467 g/mol. The number of fused-ring (bicyclic) bond motifs is 3. The van der Waals surface area contributed by atoms with Crippen LogP contribution < -0.4 is 14.9 Å². The number of halogens is 3. The number of anilines is 1. The highest BCUT2D eigenvalue weighted by molar-refractivity contribution is 6.41. The van der Waals surface area contributed by atoms with E-state index in [9.17, 15) is 0 Å². The number of nitrogens with one attached hydrogen (secondary N) is 1. The van der Waals surface area contributed by atoms with Crippen LogP contribution in [0.15, 0.2) is 78.9 Å². The molecule has 162 valence electrons. The van der Waals surface area contributed by atoms with Gasteiger partial charge in [-0.1, -0.05) is 60.1 Å². The minimum absolute atomic E-state index is 0.372. The summed E-state index contributed by atoms with van der Waals surface area (Å²) in [5, 5.41) is 5.86. The summed E-state index contributed by atoms with van der Waals surface area (Å²) in [7, 11) is 0. The van der Waals surface area contributed by atoms with E-state index in [2.05, 4.69) is 23.7 Å². The molecule has 1 aliphatic rings. The van der Waals surface area contributed by atoms with Crippen LogP contribution in [0.4, 0.5) is 5.69 Å². The van der Waals surface area contributed by atoms with Crippen molar-refractivity contribution in [2.75, 3.05) is 18.6 Å². The van der Waals surface area contributed by atoms with E-state index in [4.69, 9.17) is 44.3 Å². The van der Waals surface area contributed by atoms with Crippen LogP contribution in [0.5, 0.6) is 11.5 Å². The van der Waals surface area contributed by atoms with Crippen LogP contribution in [0.3, 0.4) is 0 Å². The zero-order chi connectivity index (χ0) is 22.7. The molecule has 1 aliphatic carbocycles. The molecule has 3 aromatic carbocycles. The number of hydrazone groups is 1. The molecule has 0 radical (unpaired) electrons. The Morgan fingerprint density at radius 1 is 0.750 bits per heavy atom. The van der Waals surface area contributed by atoms with Crippen molar-refractivity contribution >= 4 is 46.2 Å². The number of nitrogens with zero attached hydrogens (tertiary/aromatic N) is 1. The molecule has 0 aliphatic heterocycles. The zero-order valence-electron chi connectivity index (χ0n) is 17.0. The van der Waals surface area contributed by atoms with Gasteiger partial charge in [-0.3, -0.25) is 5.43 Å². The first kappa shape index (κ1) is 22.3. The molecule has 4 nitrogen and oxygen atoms in total. The van der Waals surface area contributed by atoms with E-state index in [0.717, 1.165) is 33.8 Å². The van der Waals surface area contributed by atoms with Crippen molar-refractivity contribution < 1.29 is 9.47 Å². The molecule has 0 aromatic heterocycles.